The summed E-state index contributed by atoms with van der Waals surface area (Å²) < 4.78 is 0. The predicted molar refractivity (Wildman–Crippen MR) is 85.2 cm³/mol. The van der Waals surface area contributed by atoms with E-state index in [1.165, 1.54) is 11.8 Å². The van der Waals surface area contributed by atoms with Gasteiger partial charge in [-0.05, 0) is 26.2 Å². The first-order valence-electron chi connectivity index (χ1n) is 8.28. The molecule has 0 aromatic heterocycles. The van der Waals surface area contributed by atoms with E-state index in [4.69, 9.17) is 10.8 Å². The molecular weight excluding hydrogens is 332 g/mol. The Morgan fingerprint density at radius 2 is 1.88 bits per heavy atom. The first-order valence-corrected chi connectivity index (χ1v) is 8.28. The molecular formula is C15H24N4O6. The highest BCUT2D eigenvalue weighted by Crippen LogP contribution is 2.24. The van der Waals surface area contributed by atoms with Crippen molar-refractivity contribution in [1.29, 1.82) is 0 Å². The van der Waals surface area contributed by atoms with Crippen LogP contribution in [-0.4, -0.2) is 81.6 Å². The zero-order valence-electron chi connectivity index (χ0n) is 14.1. The lowest BCUT2D eigenvalue weighted by atomic mass is 10.1. The summed E-state index contributed by atoms with van der Waals surface area (Å²) >= 11 is 0. The molecule has 140 valence electrons. The quantitative estimate of drug-likeness (QED) is 0.462. The Labute approximate surface area is 144 Å². The van der Waals surface area contributed by atoms with E-state index in [0.717, 1.165) is 4.90 Å². The van der Waals surface area contributed by atoms with E-state index < -0.39 is 42.0 Å². The molecule has 0 unspecified atom stereocenters. The maximum atomic E-state index is 12.5. The van der Waals surface area contributed by atoms with Crippen LogP contribution >= 0.6 is 0 Å². The molecule has 0 aromatic carbocycles. The van der Waals surface area contributed by atoms with Crippen LogP contribution in [0, 0.1) is 5.92 Å². The van der Waals surface area contributed by atoms with Gasteiger partial charge < -0.3 is 26.2 Å². The summed E-state index contributed by atoms with van der Waals surface area (Å²) in [7, 11) is 0. The van der Waals surface area contributed by atoms with Gasteiger partial charge in [0.15, 0.2) is 0 Å². The van der Waals surface area contributed by atoms with Crippen LogP contribution < -0.4 is 11.1 Å². The molecule has 0 aromatic rings. The molecule has 2 aliphatic heterocycles. The molecule has 4 atom stereocenters. The Balaban J connectivity index is 1.94. The number of carboxylic acid groups (broad SMARTS) is 1. The second kappa shape index (κ2) is 7.68. The van der Waals surface area contributed by atoms with Crippen molar-refractivity contribution in [3.63, 3.8) is 0 Å². The molecule has 2 fully saturated rings. The number of nitrogens with zero attached hydrogens (tertiary/aromatic N) is 2. The number of carbonyl (C=O) groups excluding carboxylic acids is 3. The first kappa shape index (κ1) is 19.0. The third-order valence-electron chi connectivity index (χ3n) is 4.74. The number of primary amides is 1. The molecule has 0 bridgehead atoms. The van der Waals surface area contributed by atoms with E-state index in [9.17, 15) is 24.3 Å². The fourth-order valence-corrected chi connectivity index (χ4v) is 3.34. The van der Waals surface area contributed by atoms with Crippen molar-refractivity contribution in [2.24, 2.45) is 11.7 Å². The zero-order chi connectivity index (χ0) is 18.7. The summed E-state index contributed by atoms with van der Waals surface area (Å²) in [6.45, 7) is 2.18. The van der Waals surface area contributed by atoms with Gasteiger partial charge in [0.2, 0.25) is 17.7 Å². The summed E-state index contributed by atoms with van der Waals surface area (Å²) in [5.41, 5.74) is 5.15. The van der Waals surface area contributed by atoms with E-state index >= 15 is 0 Å². The van der Waals surface area contributed by atoms with Gasteiger partial charge in [-0.2, -0.15) is 0 Å². The number of likely N-dealkylation sites (tertiary alicyclic amines) is 2. The minimum atomic E-state index is -1.19. The number of aliphatic hydroxyl groups is 1. The Morgan fingerprint density at radius 1 is 1.20 bits per heavy atom. The van der Waals surface area contributed by atoms with Crippen molar-refractivity contribution in [3.05, 3.63) is 0 Å². The highest BCUT2D eigenvalue weighted by molar-refractivity contribution is 5.90. The molecule has 2 heterocycles. The van der Waals surface area contributed by atoms with Crippen molar-refractivity contribution in [2.45, 2.75) is 44.4 Å². The second-order valence-electron chi connectivity index (χ2n) is 6.53. The minimum Gasteiger partial charge on any atom is -0.465 e. The van der Waals surface area contributed by atoms with Crippen molar-refractivity contribution in [1.82, 2.24) is 15.1 Å². The third-order valence-corrected chi connectivity index (χ3v) is 4.74. The number of amides is 4. The lowest BCUT2D eigenvalue weighted by Gasteiger charge is -2.26. The lowest BCUT2D eigenvalue weighted by Crippen LogP contribution is -2.52. The fraction of sp³-hybridized carbons (Fsp3) is 0.733. The van der Waals surface area contributed by atoms with E-state index in [1.54, 1.807) is 0 Å². The molecule has 10 heteroatoms. The van der Waals surface area contributed by atoms with Crippen LogP contribution in [-0.2, 0) is 14.4 Å². The molecule has 4 amide bonds. The molecule has 2 rings (SSSR count). The third kappa shape index (κ3) is 4.19. The average Bonchev–Trinajstić information content (AvgIpc) is 3.19. The van der Waals surface area contributed by atoms with Gasteiger partial charge in [0.25, 0.3) is 0 Å². The summed E-state index contributed by atoms with van der Waals surface area (Å²) in [6, 6.07) is -1.88. The topological polar surface area (TPSA) is 153 Å². The lowest BCUT2D eigenvalue weighted by molar-refractivity contribution is -0.135. The fourth-order valence-electron chi connectivity index (χ4n) is 3.34. The monoisotopic (exact) mass is 356 g/mol. The number of nitrogens with one attached hydrogen (secondary N) is 1. The van der Waals surface area contributed by atoms with E-state index in [2.05, 4.69) is 5.32 Å². The Bertz CT molecular complexity index is 566. The minimum absolute atomic E-state index is 0.153. The molecule has 0 spiro atoms. The average molecular weight is 356 g/mol. The SMILES string of the molecule is C[C@@H](O)[C@H](NC(=O)[C@H]1CCN(C(=O)[C@@H]2CCCN2C(=O)O)C1)C(N)=O. The summed E-state index contributed by atoms with van der Waals surface area (Å²) in [5.74, 6) is -2.11. The zero-order valence-corrected chi connectivity index (χ0v) is 14.1. The summed E-state index contributed by atoms with van der Waals surface area (Å²) in [4.78, 5) is 49.8. The number of nitrogens with two attached hydrogens (primary N) is 1. The van der Waals surface area contributed by atoms with Crippen molar-refractivity contribution >= 4 is 23.8 Å². The van der Waals surface area contributed by atoms with Crippen LogP contribution in [0.3, 0.4) is 0 Å². The smallest absolute Gasteiger partial charge is 0.407 e. The molecule has 10 nitrogen and oxygen atoms in total. The van der Waals surface area contributed by atoms with Gasteiger partial charge in [0.05, 0.1) is 12.0 Å². The summed E-state index contributed by atoms with van der Waals surface area (Å²) in [5, 5.41) is 21.0. The van der Waals surface area contributed by atoms with Gasteiger partial charge >= 0.3 is 6.09 Å². The van der Waals surface area contributed by atoms with Gasteiger partial charge in [0, 0.05) is 19.6 Å². The molecule has 2 aliphatic rings. The molecule has 25 heavy (non-hydrogen) atoms. The standard InChI is InChI=1S/C15H24N4O6/c1-8(20)11(12(16)21)17-13(22)9-4-6-18(7-9)14(23)10-3-2-5-19(10)15(24)25/h8-11,20H,2-7H2,1H3,(H2,16,21)(H,17,22)(H,24,25)/t8-,9+,10+,11+/m1/s1. The van der Waals surface area contributed by atoms with Gasteiger partial charge in [-0.15, -0.1) is 0 Å². The van der Waals surface area contributed by atoms with Crippen LogP contribution in [0.4, 0.5) is 4.79 Å². The Hall–Kier alpha value is -2.36. The normalized spacial score (nSPS) is 25.5. The Morgan fingerprint density at radius 3 is 2.44 bits per heavy atom. The van der Waals surface area contributed by atoms with E-state index in [-0.39, 0.29) is 12.5 Å². The van der Waals surface area contributed by atoms with Gasteiger partial charge in [-0.1, -0.05) is 0 Å². The Kier molecular flexibility index (Phi) is 5.83. The van der Waals surface area contributed by atoms with Crippen molar-refractivity contribution < 1.29 is 29.4 Å². The molecule has 5 N–H and O–H groups in total. The highest BCUT2D eigenvalue weighted by atomic mass is 16.4. The number of carbonyl (C=O) groups is 4. The van der Waals surface area contributed by atoms with Crippen molar-refractivity contribution in [3.8, 4) is 0 Å². The first-order chi connectivity index (χ1) is 11.7. The maximum Gasteiger partial charge on any atom is 0.407 e. The second-order valence-corrected chi connectivity index (χ2v) is 6.53. The number of hydrogen-bond acceptors (Lipinski definition) is 5. The molecule has 0 radical (unpaired) electrons. The summed E-state index contributed by atoms with van der Waals surface area (Å²) in [6.07, 6.45) is -0.726. The van der Waals surface area contributed by atoms with E-state index in [1.807, 2.05) is 0 Å². The van der Waals surface area contributed by atoms with E-state index in [0.29, 0.717) is 32.4 Å². The van der Waals surface area contributed by atoms with Gasteiger partial charge in [-0.25, -0.2) is 4.79 Å². The molecule has 0 saturated carbocycles. The molecule has 2 saturated heterocycles. The van der Waals surface area contributed by atoms with Crippen LogP contribution in [0.5, 0.6) is 0 Å². The number of hydrogen-bond donors (Lipinski definition) is 4. The number of aliphatic hydroxyl groups excluding tert-OH is 1. The molecule has 0 aliphatic carbocycles. The van der Waals surface area contributed by atoms with Gasteiger partial charge in [0.1, 0.15) is 12.1 Å². The highest BCUT2D eigenvalue weighted by Gasteiger charge is 2.40. The van der Waals surface area contributed by atoms with Crippen molar-refractivity contribution in [2.75, 3.05) is 19.6 Å². The van der Waals surface area contributed by atoms with Crippen LogP contribution in [0.2, 0.25) is 0 Å². The van der Waals surface area contributed by atoms with Crippen LogP contribution in [0.25, 0.3) is 0 Å². The number of rotatable bonds is 5. The van der Waals surface area contributed by atoms with Gasteiger partial charge in [-0.3, -0.25) is 19.3 Å². The van der Waals surface area contributed by atoms with Crippen LogP contribution in [0.1, 0.15) is 26.2 Å². The largest absolute Gasteiger partial charge is 0.465 e. The van der Waals surface area contributed by atoms with Crippen LogP contribution in [0.15, 0.2) is 0 Å². The maximum absolute atomic E-state index is 12.5. The predicted octanol–water partition coefficient (Wildman–Crippen LogP) is -1.67.